The Morgan fingerprint density at radius 1 is 1.17 bits per heavy atom. The summed E-state index contributed by atoms with van der Waals surface area (Å²) in [5, 5.41) is 7.01. The van der Waals surface area contributed by atoms with Crippen molar-refractivity contribution in [1.29, 1.82) is 0 Å². The SMILES string of the molecule is CCNC(=NCc1ccc(OCC)c(C)c1)NC1CCN(c2ccc(C)cn2)CC1. The molecule has 0 saturated carbocycles. The summed E-state index contributed by atoms with van der Waals surface area (Å²) < 4.78 is 5.63. The van der Waals surface area contributed by atoms with Gasteiger partial charge in [-0.1, -0.05) is 18.2 Å². The molecule has 1 aliphatic rings. The minimum Gasteiger partial charge on any atom is -0.494 e. The fraction of sp³-hybridized carbons (Fsp3) is 0.500. The van der Waals surface area contributed by atoms with Crippen molar-refractivity contribution in [3.8, 4) is 5.75 Å². The van der Waals surface area contributed by atoms with E-state index in [0.29, 0.717) is 19.2 Å². The number of guanidine groups is 1. The molecule has 162 valence electrons. The topological polar surface area (TPSA) is 61.8 Å². The first-order valence-corrected chi connectivity index (χ1v) is 11.0. The Balaban J connectivity index is 1.55. The molecule has 0 bridgehead atoms. The van der Waals surface area contributed by atoms with E-state index in [4.69, 9.17) is 9.73 Å². The van der Waals surface area contributed by atoms with Gasteiger partial charge in [-0.15, -0.1) is 0 Å². The minimum absolute atomic E-state index is 0.423. The summed E-state index contributed by atoms with van der Waals surface area (Å²) in [6, 6.07) is 11.0. The van der Waals surface area contributed by atoms with Crippen LogP contribution in [0.3, 0.4) is 0 Å². The predicted molar refractivity (Wildman–Crippen MR) is 125 cm³/mol. The van der Waals surface area contributed by atoms with Gasteiger partial charge in [-0.05, 0) is 69.4 Å². The second kappa shape index (κ2) is 10.9. The van der Waals surface area contributed by atoms with Crippen molar-refractivity contribution in [1.82, 2.24) is 15.6 Å². The lowest BCUT2D eigenvalue weighted by atomic mass is 10.1. The van der Waals surface area contributed by atoms with Gasteiger partial charge in [0.25, 0.3) is 0 Å². The van der Waals surface area contributed by atoms with Crippen LogP contribution in [-0.4, -0.2) is 43.2 Å². The molecule has 1 aliphatic heterocycles. The highest BCUT2D eigenvalue weighted by atomic mass is 16.5. The molecule has 1 aromatic carbocycles. The monoisotopic (exact) mass is 409 g/mol. The maximum Gasteiger partial charge on any atom is 0.191 e. The number of rotatable bonds is 7. The fourth-order valence-electron chi connectivity index (χ4n) is 3.71. The van der Waals surface area contributed by atoms with E-state index >= 15 is 0 Å². The molecule has 0 aliphatic carbocycles. The van der Waals surface area contributed by atoms with Gasteiger partial charge in [-0.25, -0.2) is 9.98 Å². The average Bonchev–Trinajstić information content (AvgIpc) is 2.75. The van der Waals surface area contributed by atoms with Gasteiger partial charge in [-0.3, -0.25) is 0 Å². The lowest BCUT2D eigenvalue weighted by Crippen LogP contribution is -2.48. The number of hydrogen-bond donors (Lipinski definition) is 2. The Morgan fingerprint density at radius 2 is 1.97 bits per heavy atom. The Labute approximate surface area is 180 Å². The molecule has 1 saturated heterocycles. The zero-order valence-electron chi connectivity index (χ0n) is 18.7. The number of piperidine rings is 1. The molecule has 0 amide bonds. The van der Waals surface area contributed by atoms with Crippen LogP contribution < -0.4 is 20.3 Å². The van der Waals surface area contributed by atoms with E-state index in [1.165, 1.54) is 11.1 Å². The third-order valence-electron chi connectivity index (χ3n) is 5.36. The summed E-state index contributed by atoms with van der Waals surface area (Å²) in [5.74, 6) is 2.91. The van der Waals surface area contributed by atoms with E-state index in [2.05, 4.69) is 65.6 Å². The van der Waals surface area contributed by atoms with Crippen LogP contribution in [0.4, 0.5) is 5.82 Å². The van der Waals surface area contributed by atoms with Gasteiger partial charge in [0.1, 0.15) is 11.6 Å². The molecule has 0 radical (unpaired) electrons. The van der Waals surface area contributed by atoms with Gasteiger partial charge < -0.3 is 20.3 Å². The summed E-state index contributed by atoms with van der Waals surface area (Å²) in [6.07, 6.45) is 4.09. The molecule has 6 nitrogen and oxygen atoms in total. The minimum atomic E-state index is 0.423. The molecule has 3 rings (SSSR count). The summed E-state index contributed by atoms with van der Waals surface area (Å²) >= 11 is 0. The highest BCUT2D eigenvalue weighted by Gasteiger charge is 2.20. The molecule has 2 aromatic rings. The normalized spacial score (nSPS) is 15.2. The van der Waals surface area contributed by atoms with E-state index in [9.17, 15) is 0 Å². The molecule has 6 heteroatoms. The second-order valence-electron chi connectivity index (χ2n) is 7.83. The van der Waals surface area contributed by atoms with Crippen molar-refractivity contribution in [2.75, 3.05) is 31.1 Å². The number of benzene rings is 1. The van der Waals surface area contributed by atoms with Crippen LogP contribution in [0.25, 0.3) is 0 Å². The third kappa shape index (κ3) is 6.12. The van der Waals surface area contributed by atoms with Crippen LogP contribution in [0.15, 0.2) is 41.5 Å². The van der Waals surface area contributed by atoms with Crippen molar-refractivity contribution in [3.63, 3.8) is 0 Å². The lowest BCUT2D eigenvalue weighted by Gasteiger charge is -2.33. The molecule has 0 unspecified atom stereocenters. The fourth-order valence-corrected chi connectivity index (χ4v) is 3.71. The van der Waals surface area contributed by atoms with E-state index in [1.54, 1.807) is 0 Å². The molecule has 0 spiro atoms. The first kappa shape index (κ1) is 21.9. The molecule has 2 heterocycles. The smallest absolute Gasteiger partial charge is 0.191 e. The number of pyridine rings is 1. The quantitative estimate of drug-likeness (QED) is 0.538. The van der Waals surface area contributed by atoms with Crippen molar-refractivity contribution in [2.24, 2.45) is 4.99 Å². The van der Waals surface area contributed by atoms with E-state index in [-0.39, 0.29) is 0 Å². The van der Waals surface area contributed by atoms with Gasteiger partial charge in [0, 0.05) is 31.9 Å². The summed E-state index contributed by atoms with van der Waals surface area (Å²) in [4.78, 5) is 11.7. The largest absolute Gasteiger partial charge is 0.494 e. The molecular weight excluding hydrogens is 374 g/mol. The lowest BCUT2D eigenvalue weighted by molar-refractivity contribution is 0.338. The summed E-state index contributed by atoms with van der Waals surface area (Å²) in [6.45, 7) is 12.5. The van der Waals surface area contributed by atoms with Gasteiger partial charge in [0.2, 0.25) is 0 Å². The number of aliphatic imine (C=N–C) groups is 1. The molecule has 1 fully saturated rings. The highest BCUT2D eigenvalue weighted by Crippen LogP contribution is 2.20. The van der Waals surface area contributed by atoms with Gasteiger partial charge >= 0.3 is 0 Å². The molecule has 1 aromatic heterocycles. The van der Waals surface area contributed by atoms with Crippen molar-refractivity contribution in [3.05, 3.63) is 53.2 Å². The Bertz CT molecular complexity index is 826. The molecule has 0 atom stereocenters. The second-order valence-corrected chi connectivity index (χ2v) is 7.83. The van der Waals surface area contributed by atoms with Crippen LogP contribution in [0.5, 0.6) is 5.75 Å². The van der Waals surface area contributed by atoms with Crippen molar-refractivity contribution < 1.29 is 4.74 Å². The van der Waals surface area contributed by atoms with Crippen LogP contribution >= 0.6 is 0 Å². The zero-order chi connectivity index (χ0) is 21.3. The number of anilines is 1. The number of nitrogens with one attached hydrogen (secondary N) is 2. The molecule has 2 N–H and O–H groups in total. The maximum atomic E-state index is 5.63. The highest BCUT2D eigenvalue weighted by molar-refractivity contribution is 5.80. The van der Waals surface area contributed by atoms with Crippen LogP contribution in [-0.2, 0) is 6.54 Å². The Morgan fingerprint density at radius 3 is 2.60 bits per heavy atom. The molecular formula is C24H35N5O. The number of nitrogens with zero attached hydrogens (tertiary/aromatic N) is 3. The van der Waals surface area contributed by atoms with E-state index in [1.807, 2.05) is 19.2 Å². The van der Waals surface area contributed by atoms with E-state index in [0.717, 1.165) is 55.6 Å². The van der Waals surface area contributed by atoms with Crippen molar-refractivity contribution in [2.45, 2.75) is 53.1 Å². The predicted octanol–water partition coefficient (Wildman–Crippen LogP) is 3.82. The number of hydrogen-bond acceptors (Lipinski definition) is 4. The van der Waals surface area contributed by atoms with Crippen molar-refractivity contribution >= 4 is 11.8 Å². The van der Waals surface area contributed by atoms with Crippen LogP contribution in [0.1, 0.15) is 43.4 Å². The average molecular weight is 410 g/mol. The van der Waals surface area contributed by atoms with E-state index < -0.39 is 0 Å². The Hall–Kier alpha value is -2.76. The van der Waals surface area contributed by atoms with Crippen LogP contribution in [0.2, 0.25) is 0 Å². The van der Waals surface area contributed by atoms with Crippen LogP contribution in [0, 0.1) is 13.8 Å². The van der Waals surface area contributed by atoms with Gasteiger partial charge in [-0.2, -0.15) is 0 Å². The third-order valence-corrected chi connectivity index (χ3v) is 5.36. The molecule has 30 heavy (non-hydrogen) atoms. The number of aryl methyl sites for hydroxylation is 2. The first-order chi connectivity index (χ1) is 14.6. The zero-order valence-corrected chi connectivity index (χ0v) is 18.7. The first-order valence-electron chi connectivity index (χ1n) is 11.0. The Kier molecular flexibility index (Phi) is 7.94. The number of ether oxygens (including phenoxy) is 1. The maximum absolute atomic E-state index is 5.63. The summed E-state index contributed by atoms with van der Waals surface area (Å²) in [7, 11) is 0. The van der Waals surface area contributed by atoms with Gasteiger partial charge in [0.15, 0.2) is 5.96 Å². The van der Waals surface area contributed by atoms with Gasteiger partial charge in [0.05, 0.1) is 13.2 Å². The standard InChI is InChI=1S/C24H35N5O/c1-5-25-24(27-17-20-8-9-22(30-6-2)19(4)15-20)28-21-11-13-29(14-12-21)23-10-7-18(3)16-26-23/h7-10,15-16,21H,5-6,11-14,17H2,1-4H3,(H2,25,27,28). The summed E-state index contributed by atoms with van der Waals surface area (Å²) in [5.41, 5.74) is 3.54. The number of aromatic nitrogens is 1.